The van der Waals surface area contributed by atoms with Crippen molar-refractivity contribution in [2.45, 2.75) is 0 Å². The molecule has 4 heteroatoms. The van der Waals surface area contributed by atoms with E-state index in [9.17, 15) is 0 Å². The molecular formula is C5H3IN2O. The molecule has 0 radical (unpaired) electrons. The van der Waals surface area contributed by atoms with Gasteiger partial charge in [0.2, 0.25) is 0 Å². The van der Waals surface area contributed by atoms with E-state index in [0.717, 1.165) is 3.70 Å². The zero-order valence-electron chi connectivity index (χ0n) is 4.41. The van der Waals surface area contributed by atoms with Crippen molar-refractivity contribution in [1.29, 1.82) is 0 Å². The maximum atomic E-state index is 4.99. The van der Waals surface area contributed by atoms with Gasteiger partial charge in [-0.3, -0.25) is 4.40 Å². The van der Waals surface area contributed by atoms with E-state index in [1.807, 2.05) is 10.6 Å². The molecule has 0 N–H and O–H groups in total. The Kier molecular flexibility index (Phi) is 1.01. The fourth-order valence-electron chi connectivity index (χ4n) is 0.699. The third-order valence-corrected chi connectivity index (χ3v) is 1.90. The predicted molar refractivity (Wildman–Crippen MR) is 40.2 cm³/mol. The number of fused-ring (bicyclic) bond motifs is 1. The minimum Gasteiger partial charge on any atom is -0.432 e. The molecule has 2 aromatic heterocycles. The number of imidazole rings is 1. The molecule has 0 atom stereocenters. The van der Waals surface area contributed by atoms with Gasteiger partial charge in [-0.15, -0.1) is 0 Å². The molecule has 0 fully saturated rings. The number of hydrogen-bond acceptors (Lipinski definition) is 2. The lowest BCUT2D eigenvalue weighted by Gasteiger charge is -1.77. The molecule has 9 heavy (non-hydrogen) atoms. The maximum Gasteiger partial charge on any atom is 0.306 e. The van der Waals surface area contributed by atoms with E-state index in [4.69, 9.17) is 4.42 Å². The monoisotopic (exact) mass is 234 g/mol. The Morgan fingerprint density at radius 1 is 1.67 bits per heavy atom. The third kappa shape index (κ3) is 0.658. The van der Waals surface area contributed by atoms with Crippen LogP contribution in [0.1, 0.15) is 0 Å². The second-order valence-electron chi connectivity index (χ2n) is 1.64. The van der Waals surface area contributed by atoms with Crippen LogP contribution in [0.25, 0.3) is 5.84 Å². The van der Waals surface area contributed by atoms with Crippen molar-refractivity contribution in [3.63, 3.8) is 0 Å². The molecule has 0 aliphatic carbocycles. The Balaban J connectivity index is 2.99. The molecule has 2 rings (SSSR count). The summed E-state index contributed by atoms with van der Waals surface area (Å²) in [5.74, 6) is 0.652. The van der Waals surface area contributed by atoms with Crippen LogP contribution >= 0.6 is 22.6 Å². The van der Waals surface area contributed by atoms with E-state index < -0.39 is 0 Å². The summed E-state index contributed by atoms with van der Waals surface area (Å²) in [7, 11) is 0. The fraction of sp³-hybridized carbons (Fsp3) is 0. The number of oxazole rings is 1. The van der Waals surface area contributed by atoms with Gasteiger partial charge in [-0.2, -0.15) is 0 Å². The quantitative estimate of drug-likeness (QED) is 0.647. The largest absolute Gasteiger partial charge is 0.432 e. The van der Waals surface area contributed by atoms with Crippen LogP contribution in [-0.4, -0.2) is 9.38 Å². The maximum absolute atomic E-state index is 4.99. The summed E-state index contributed by atoms with van der Waals surface area (Å²) in [5.41, 5.74) is 0. The van der Waals surface area contributed by atoms with Crippen molar-refractivity contribution in [2.24, 2.45) is 0 Å². The minimum absolute atomic E-state index is 0.652. The van der Waals surface area contributed by atoms with Crippen LogP contribution in [0.2, 0.25) is 0 Å². The highest BCUT2D eigenvalue weighted by atomic mass is 127. The lowest BCUT2D eigenvalue weighted by molar-refractivity contribution is 0.595. The molecule has 0 unspecified atom stereocenters. The summed E-state index contributed by atoms with van der Waals surface area (Å²) in [6.45, 7) is 0. The summed E-state index contributed by atoms with van der Waals surface area (Å²) in [6, 6.07) is 0. The van der Waals surface area contributed by atoms with Crippen molar-refractivity contribution in [3.05, 3.63) is 22.4 Å². The molecule has 0 saturated heterocycles. The first kappa shape index (κ1) is 5.28. The highest BCUT2D eigenvalue weighted by molar-refractivity contribution is 14.1. The number of hydrogen-bond donors (Lipinski definition) is 0. The van der Waals surface area contributed by atoms with Gasteiger partial charge in [0.15, 0.2) is 0 Å². The Labute approximate surface area is 64.8 Å². The number of aromatic nitrogens is 2. The van der Waals surface area contributed by atoms with Crippen LogP contribution in [-0.2, 0) is 0 Å². The van der Waals surface area contributed by atoms with Gasteiger partial charge >= 0.3 is 5.84 Å². The Hall–Kier alpha value is -0.520. The van der Waals surface area contributed by atoms with Gasteiger partial charge in [-0.25, -0.2) is 4.98 Å². The summed E-state index contributed by atoms with van der Waals surface area (Å²) in [5, 5.41) is 0. The first-order valence-electron chi connectivity index (χ1n) is 2.44. The SMILES string of the molecule is Ic1cnc2occn12. The lowest BCUT2D eigenvalue weighted by atomic mass is 10.9. The molecule has 3 nitrogen and oxygen atoms in total. The second-order valence-corrected chi connectivity index (χ2v) is 2.74. The number of halogens is 1. The molecule has 0 amide bonds. The van der Waals surface area contributed by atoms with E-state index in [1.165, 1.54) is 0 Å². The first-order valence-corrected chi connectivity index (χ1v) is 3.52. The van der Waals surface area contributed by atoms with Crippen molar-refractivity contribution < 1.29 is 4.42 Å². The number of nitrogens with zero attached hydrogens (tertiary/aromatic N) is 2. The van der Waals surface area contributed by atoms with Crippen LogP contribution in [0.3, 0.4) is 0 Å². The standard InChI is InChI=1S/C5H3IN2O/c6-4-3-7-5-8(4)1-2-9-5/h1-3H. The summed E-state index contributed by atoms with van der Waals surface area (Å²) in [6.07, 6.45) is 5.22. The predicted octanol–water partition coefficient (Wildman–Crippen LogP) is 1.53. The smallest absolute Gasteiger partial charge is 0.306 e. The van der Waals surface area contributed by atoms with Gasteiger partial charge in [0.1, 0.15) is 9.96 Å². The fourth-order valence-corrected chi connectivity index (χ4v) is 1.21. The molecule has 0 aliphatic rings. The van der Waals surface area contributed by atoms with Crippen molar-refractivity contribution in [2.75, 3.05) is 0 Å². The zero-order chi connectivity index (χ0) is 6.27. The zero-order valence-corrected chi connectivity index (χ0v) is 6.57. The van der Waals surface area contributed by atoms with Crippen molar-refractivity contribution in [1.82, 2.24) is 9.38 Å². The van der Waals surface area contributed by atoms with E-state index in [1.54, 1.807) is 12.5 Å². The molecule has 46 valence electrons. The molecular weight excluding hydrogens is 231 g/mol. The van der Waals surface area contributed by atoms with Crippen LogP contribution in [0, 0.1) is 3.70 Å². The molecule has 0 saturated carbocycles. The molecule has 2 aromatic rings. The minimum atomic E-state index is 0.652. The molecule has 2 heterocycles. The van der Waals surface area contributed by atoms with Gasteiger partial charge < -0.3 is 4.42 Å². The van der Waals surface area contributed by atoms with E-state index in [2.05, 4.69) is 27.6 Å². The number of rotatable bonds is 0. The van der Waals surface area contributed by atoms with Gasteiger partial charge in [0.25, 0.3) is 0 Å². The Morgan fingerprint density at radius 2 is 2.56 bits per heavy atom. The third-order valence-electron chi connectivity index (χ3n) is 1.10. The average molecular weight is 234 g/mol. The van der Waals surface area contributed by atoms with Gasteiger partial charge in [-0.1, -0.05) is 0 Å². The Bertz CT molecular complexity index is 324. The van der Waals surface area contributed by atoms with Gasteiger partial charge in [0, 0.05) is 6.20 Å². The van der Waals surface area contributed by atoms with Gasteiger partial charge in [0.05, 0.1) is 6.20 Å². The van der Waals surface area contributed by atoms with Crippen LogP contribution in [0.15, 0.2) is 23.1 Å². The highest BCUT2D eigenvalue weighted by Gasteiger charge is 1.99. The van der Waals surface area contributed by atoms with Crippen molar-refractivity contribution >= 4 is 28.4 Å². The van der Waals surface area contributed by atoms with E-state index >= 15 is 0 Å². The normalized spacial score (nSPS) is 10.8. The summed E-state index contributed by atoms with van der Waals surface area (Å²) in [4.78, 5) is 3.97. The van der Waals surface area contributed by atoms with Crippen LogP contribution < -0.4 is 0 Å². The second kappa shape index (κ2) is 1.73. The molecule has 0 bridgehead atoms. The van der Waals surface area contributed by atoms with Crippen LogP contribution in [0.4, 0.5) is 0 Å². The molecule has 0 aromatic carbocycles. The van der Waals surface area contributed by atoms with E-state index in [0.29, 0.717) is 5.84 Å². The van der Waals surface area contributed by atoms with E-state index in [-0.39, 0.29) is 0 Å². The molecule has 0 aliphatic heterocycles. The highest BCUT2D eigenvalue weighted by Crippen LogP contribution is 2.08. The topological polar surface area (TPSA) is 30.4 Å². The summed E-state index contributed by atoms with van der Waals surface area (Å²) < 4.78 is 7.93. The van der Waals surface area contributed by atoms with Crippen LogP contribution in [0.5, 0.6) is 0 Å². The summed E-state index contributed by atoms with van der Waals surface area (Å²) >= 11 is 2.19. The lowest BCUT2D eigenvalue weighted by Crippen LogP contribution is -1.75. The molecule has 0 spiro atoms. The van der Waals surface area contributed by atoms with Gasteiger partial charge in [-0.05, 0) is 22.6 Å². The Morgan fingerprint density at radius 3 is 3.33 bits per heavy atom. The first-order chi connectivity index (χ1) is 4.38. The van der Waals surface area contributed by atoms with Crippen molar-refractivity contribution in [3.8, 4) is 0 Å². The average Bonchev–Trinajstić information content (AvgIpc) is 2.35.